The van der Waals surface area contributed by atoms with Gasteiger partial charge in [0, 0.05) is 12.7 Å². The first-order chi connectivity index (χ1) is 7.76. The van der Waals surface area contributed by atoms with Gasteiger partial charge in [0.15, 0.2) is 5.75 Å². The lowest BCUT2D eigenvalue weighted by atomic mass is 10.2. The van der Waals surface area contributed by atoms with Crippen molar-refractivity contribution < 1.29 is 27.8 Å². The number of nitrogens with two attached hydrogens (primary N) is 1. The van der Waals surface area contributed by atoms with Crippen LogP contribution >= 0.6 is 22.6 Å². The molecule has 0 fully saturated rings. The monoisotopic (exact) mass is 362 g/mol. The highest BCUT2D eigenvalue weighted by Crippen LogP contribution is 2.32. The van der Waals surface area contributed by atoms with Crippen molar-refractivity contribution in [1.82, 2.24) is 4.98 Å². The molecule has 0 bridgehead atoms. The minimum Gasteiger partial charge on any atom is -0.477 e. The van der Waals surface area contributed by atoms with Crippen LogP contribution in [0, 0.1) is 3.57 Å². The van der Waals surface area contributed by atoms with Gasteiger partial charge in [-0.3, -0.25) is 4.98 Å². The molecule has 0 aliphatic heterocycles. The lowest BCUT2D eigenvalue weighted by molar-refractivity contribution is -0.275. The number of halogens is 4. The van der Waals surface area contributed by atoms with Gasteiger partial charge in [0.2, 0.25) is 0 Å². The predicted molar refractivity (Wildman–Crippen MR) is 58.5 cm³/mol. The van der Waals surface area contributed by atoms with Crippen molar-refractivity contribution in [2.75, 3.05) is 0 Å². The van der Waals surface area contributed by atoms with E-state index in [-0.39, 0.29) is 15.8 Å². The van der Waals surface area contributed by atoms with Gasteiger partial charge >= 0.3 is 12.3 Å². The molecule has 0 aliphatic carbocycles. The summed E-state index contributed by atoms with van der Waals surface area (Å²) in [5, 5.41) is 8.73. The number of rotatable bonds is 3. The summed E-state index contributed by atoms with van der Waals surface area (Å²) in [6.07, 6.45) is -4.19. The van der Waals surface area contributed by atoms with Crippen LogP contribution in [-0.4, -0.2) is 22.4 Å². The number of carboxylic acids is 1. The van der Waals surface area contributed by atoms with Crippen LogP contribution < -0.4 is 10.5 Å². The van der Waals surface area contributed by atoms with E-state index in [9.17, 15) is 18.0 Å². The molecule has 17 heavy (non-hydrogen) atoms. The van der Waals surface area contributed by atoms with Crippen molar-refractivity contribution in [2.24, 2.45) is 5.73 Å². The van der Waals surface area contributed by atoms with E-state index in [0.29, 0.717) is 0 Å². The molecule has 94 valence electrons. The highest BCUT2D eigenvalue weighted by molar-refractivity contribution is 14.1. The van der Waals surface area contributed by atoms with Crippen LogP contribution in [0.1, 0.15) is 16.1 Å². The molecule has 1 heterocycles. The van der Waals surface area contributed by atoms with Crippen molar-refractivity contribution in [3.05, 3.63) is 21.0 Å². The van der Waals surface area contributed by atoms with Gasteiger partial charge in [0.05, 0.1) is 9.26 Å². The molecule has 0 saturated heterocycles. The Morgan fingerprint density at radius 2 is 2.18 bits per heavy atom. The Morgan fingerprint density at radius 3 is 2.59 bits per heavy atom. The number of alkyl halides is 3. The fourth-order valence-corrected chi connectivity index (χ4v) is 1.78. The molecule has 5 nitrogen and oxygen atoms in total. The molecule has 0 spiro atoms. The summed E-state index contributed by atoms with van der Waals surface area (Å²) in [7, 11) is 0. The predicted octanol–water partition coefficient (Wildman–Crippen LogP) is 1.74. The Labute approximate surface area is 107 Å². The Kier molecular flexibility index (Phi) is 4.14. The van der Waals surface area contributed by atoms with E-state index in [1.807, 2.05) is 0 Å². The van der Waals surface area contributed by atoms with E-state index in [4.69, 9.17) is 10.8 Å². The van der Waals surface area contributed by atoms with Gasteiger partial charge < -0.3 is 15.6 Å². The first-order valence-electron chi connectivity index (χ1n) is 4.12. The smallest absolute Gasteiger partial charge is 0.477 e. The standard InChI is InChI=1S/C8H6F3IN2O3/c9-8(10,11)17-6-3(7(15)16)2-14-4(1-13)5(6)12/h2H,1,13H2,(H,15,16). The van der Waals surface area contributed by atoms with Gasteiger partial charge in [-0.25, -0.2) is 4.79 Å². The van der Waals surface area contributed by atoms with E-state index in [1.54, 1.807) is 0 Å². The average molecular weight is 362 g/mol. The zero-order valence-corrected chi connectivity index (χ0v) is 10.2. The molecular formula is C8H6F3IN2O3. The first kappa shape index (κ1) is 14.0. The third-order valence-corrected chi connectivity index (χ3v) is 2.80. The summed E-state index contributed by atoms with van der Waals surface area (Å²) < 4.78 is 40.0. The topological polar surface area (TPSA) is 85.4 Å². The fourth-order valence-electron chi connectivity index (χ4n) is 1.02. The van der Waals surface area contributed by atoms with Crippen LogP contribution in [-0.2, 0) is 6.54 Å². The molecule has 0 radical (unpaired) electrons. The molecular weight excluding hydrogens is 356 g/mol. The van der Waals surface area contributed by atoms with Crippen LogP contribution in [0.3, 0.4) is 0 Å². The van der Waals surface area contributed by atoms with Gasteiger partial charge in [0.25, 0.3) is 0 Å². The Hall–Kier alpha value is -1.10. The second-order valence-corrected chi connectivity index (χ2v) is 3.90. The maximum atomic E-state index is 12.1. The Morgan fingerprint density at radius 1 is 1.59 bits per heavy atom. The lowest BCUT2D eigenvalue weighted by Gasteiger charge is -2.14. The molecule has 1 aromatic heterocycles. The van der Waals surface area contributed by atoms with E-state index < -0.39 is 23.6 Å². The van der Waals surface area contributed by atoms with Gasteiger partial charge in [-0.1, -0.05) is 0 Å². The van der Waals surface area contributed by atoms with Gasteiger partial charge in [-0.2, -0.15) is 0 Å². The Bertz CT molecular complexity index is 450. The van der Waals surface area contributed by atoms with Crippen molar-refractivity contribution in [3.63, 3.8) is 0 Å². The summed E-state index contributed by atoms with van der Waals surface area (Å²) in [6, 6.07) is 0. The molecule has 0 aliphatic rings. The molecule has 0 unspecified atom stereocenters. The maximum absolute atomic E-state index is 12.1. The van der Waals surface area contributed by atoms with Crippen molar-refractivity contribution in [1.29, 1.82) is 0 Å². The van der Waals surface area contributed by atoms with Crippen LogP contribution in [0.15, 0.2) is 6.20 Å². The third-order valence-electron chi connectivity index (χ3n) is 1.69. The molecule has 0 amide bonds. The fraction of sp³-hybridized carbons (Fsp3) is 0.250. The first-order valence-corrected chi connectivity index (χ1v) is 5.20. The number of hydrogen-bond donors (Lipinski definition) is 2. The van der Waals surface area contributed by atoms with Gasteiger partial charge in [-0.15, -0.1) is 13.2 Å². The highest BCUT2D eigenvalue weighted by atomic mass is 127. The number of carboxylic acid groups (broad SMARTS) is 1. The zero-order chi connectivity index (χ0) is 13.2. The normalized spacial score (nSPS) is 11.4. The molecule has 0 atom stereocenters. The maximum Gasteiger partial charge on any atom is 0.573 e. The van der Waals surface area contributed by atoms with Crippen molar-refractivity contribution in [2.45, 2.75) is 12.9 Å². The second-order valence-electron chi connectivity index (χ2n) is 2.82. The molecule has 1 aromatic rings. The van der Waals surface area contributed by atoms with Crippen LogP contribution in [0.5, 0.6) is 5.75 Å². The minimum absolute atomic E-state index is 0.0673. The van der Waals surface area contributed by atoms with Gasteiger partial charge in [0.1, 0.15) is 5.56 Å². The molecule has 9 heteroatoms. The summed E-state index contributed by atoms with van der Waals surface area (Å²) in [4.78, 5) is 14.4. The number of hydrogen-bond acceptors (Lipinski definition) is 4. The number of pyridine rings is 1. The van der Waals surface area contributed by atoms with E-state index in [0.717, 1.165) is 6.20 Å². The summed E-state index contributed by atoms with van der Waals surface area (Å²) in [5.41, 5.74) is 4.73. The SMILES string of the molecule is NCc1ncc(C(=O)O)c(OC(F)(F)F)c1I. The average Bonchev–Trinajstić information content (AvgIpc) is 2.18. The molecule has 3 N–H and O–H groups in total. The largest absolute Gasteiger partial charge is 0.573 e. The Balaban J connectivity index is 3.35. The number of ether oxygens (including phenoxy) is 1. The number of nitrogens with zero attached hydrogens (tertiary/aromatic N) is 1. The quantitative estimate of drug-likeness (QED) is 0.801. The van der Waals surface area contributed by atoms with Gasteiger partial charge in [-0.05, 0) is 22.6 Å². The minimum atomic E-state index is -4.97. The van der Waals surface area contributed by atoms with Crippen molar-refractivity contribution in [3.8, 4) is 5.75 Å². The van der Waals surface area contributed by atoms with E-state index in [2.05, 4.69) is 9.72 Å². The lowest BCUT2D eigenvalue weighted by Crippen LogP contribution is -2.21. The van der Waals surface area contributed by atoms with Crippen LogP contribution in [0.4, 0.5) is 13.2 Å². The summed E-state index contributed by atoms with van der Waals surface area (Å²) in [5.74, 6) is -2.35. The molecule has 1 rings (SSSR count). The molecule has 0 aromatic carbocycles. The van der Waals surface area contributed by atoms with Crippen LogP contribution in [0.25, 0.3) is 0 Å². The molecule has 0 saturated carbocycles. The second kappa shape index (κ2) is 5.04. The van der Waals surface area contributed by atoms with E-state index >= 15 is 0 Å². The summed E-state index contributed by atoms with van der Waals surface area (Å²) in [6.45, 7) is -0.119. The highest BCUT2D eigenvalue weighted by Gasteiger charge is 2.34. The van der Waals surface area contributed by atoms with E-state index in [1.165, 1.54) is 22.6 Å². The number of aromatic carboxylic acids is 1. The number of aromatic nitrogens is 1. The van der Waals surface area contributed by atoms with Crippen molar-refractivity contribution >= 4 is 28.6 Å². The van der Waals surface area contributed by atoms with Crippen LogP contribution in [0.2, 0.25) is 0 Å². The zero-order valence-electron chi connectivity index (χ0n) is 8.08. The third kappa shape index (κ3) is 3.43. The summed E-state index contributed by atoms with van der Waals surface area (Å²) >= 11 is 1.51. The number of carbonyl (C=O) groups is 1.